The predicted molar refractivity (Wildman–Crippen MR) is 62.6 cm³/mol. The van der Waals surface area contributed by atoms with Crippen LogP contribution in [-0.2, 0) is 17.8 Å². The van der Waals surface area contributed by atoms with Gasteiger partial charge in [-0.05, 0) is 29.7 Å². The van der Waals surface area contributed by atoms with Gasteiger partial charge in [0, 0.05) is 13.1 Å². The SMILES string of the molecule is COc1cc2c(cc1N)CCN(C(=O)C(F)(F)F)C2. The molecule has 0 fully saturated rings. The largest absolute Gasteiger partial charge is 0.495 e. The van der Waals surface area contributed by atoms with Gasteiger partial charge in [-0.3, -0.25) is 4.79 Å². The first-order valence-electron chi connectivity index (χ1n) is 5.64. The van der Waals surface area contributed by atoms with E-state index in [0.717, 1.165) is 10.5 Å². The lowest BCUT2D eigenvalue weighted by Crippen LogP contribution is -2.43. The van der Waals surface area contributed by atoms with Crippen LogP contribution in [0.2, 0.25) is 0 Å². The molecule has 1 aliphatic rings. The molecule has 19 heavy (non-hydrogen) atoms. The summed E-state index contributed by atoms with van der Waals surface area (Å²) < 4.78 is 42.2. The van der Waals surface area contributed by atoms with Gasteiger partial charge < -0.3 is 15.4 Å². The van der Waals surface area contributed by atoms with E-state index in [1.807, 2.05) is 0 Å². The molecule has 104 valence electrons. The number of methoxy groups -OCH3 is 1. The number of carbonyl (C=O) groups is 1. The monoisotopic (exact) mass is 274 g/mol. The van der Waals surface area contributed by atoms with Crippen molar-refractivity contribution in [1.29, 1.82) is 0 Å². The molecule has 1 aromatic rings. The van der Waals surface area contributed by atoms with Gasteiger partial charge in [0.25, 0.3) is 0 Å². The minimum atomic E-state index is -4.84. The number of hydrogen-bond donors (Lipinski definition) is 1. The molecule has 0 bridgehead atoms. The number of nitrogen functional groups attached to an aromatic ring is 1. The first kappa shape index (κ1) is 13.5. The first-order valence-corrected chi connectivity index (χ1v) is 5.64. The van der Waals surface area contributed by atoms with E-state index in [2.05, 4.69) is 0 Å². The molecule has 1 heterocycles. The van der Waals surface area contributed by atoms with E-state index in [4.69, 9.17) is 10.5 Å². The van der Waals surface area contributed by atoms with E-state index in [-0.39, 0.29) is 13.1 Å². The van der Waals surface area contributed by atoms with Crippen molar-refractivity contribution < 1.29 is 22.7 Å². The Morgan fingerprint density at radius 2 is 2.05 bits per heavy atom. The fraction of sp³-hybridized carbons (Fsp3) is 0.417. The highest BCUT2D eigenvalue weighted by molar-refractivity contribution is 5.82. The number of halogens is 3. The standard InChI is InChI=1S/C12H13F3N2O2/c1-19-10-5-8-6-17(11(18)12(13,14)15)3-2-7(8)4-9(10)16/h4-5H,2-3,6,16H2,1H3. The molecule has 1 aromatic carbocycles. The summed E-state index contributed by atoms with van der Waals surface area (Å²) in [6.45, 7) is -0.0402. The molecular formula is C12H13F3N2O2. The first-order chi connectivity index (χ1) is 8.82. The molecule has 0 saturated carbocycles. The van der Waals surface area contributed by atoms with Gasteiger partial charge in [-0.25, -0.2) is 0 Å². The van der Waals surface area contributed by atoms with Crippen molar-refractivity contribution in [3.8, 4) is 5.75 Å². The van der Waals surface area contributed by atoms with Gasteiger partial charge in [-0.15, -0.1) is 0 Å². The van der Waals surface area contributed by atoms with Crippen LogP contribution in [0.25, 0.3) is 0 Å². The zero-order valence-corrected chi connectivity index (χ0v) is 10.3. The summed E-state index contributed by atoms with van der Waals surface area (Å²) in [5.74, 6) is -1.41. The Morgan fingerprint density at radius 1 is 1.37 bits per heavy atom. The summed E-state index contributed by atoms with van der Waals surface area (Å²) >= 11 is 0. The minimum Gasteiger partial charge on any atom is -0.495 e. The van der Waals surface area contributed by atoms with Crippen molar-refractivity contribution in [1.82, 2.24) is 4.90 Å². The maximum atomic E-state index is 12.4. The van der Waals surface area contributed by atoms with Crippen molar-refractivity contribution >= 4 is 11.6 Å². The number of fused-ring (bicyclic) bond motifs is 1. The highest BCUT2D eigenvalue weighted by atomic mass is 19.4. The summed E-state index contributed by atoms with van der Waals surface area (Å²) in [4.78, 5) is 12.0. The Kier molecular flexibility index (Phi) is 3.30. The summed E-state index contributed by atoms with van der Waals surface area (Å²) in [5.41, 5.74) is 7.66. The van der Waals surface area contributed by atoms with Crippen LogP contribution in [-0.4, -0.2) is 30.6 Å². The van der Waals surface area contributed by atoms with Crippen LogP contribution < -0.4 is 10.5 Å². The van der Waals surface area contributed by atoms with E-state index in [1.165, 1.54) is 7.11 Å². The molecule has 0 unspecified atom stereocenters. The number of benzene rings is 1. The number of rotatable bonds is 1. The maximum absolute atomic E-state index is 12.4. The Morgan fingerprint density at radius 3 is 2.63 bits per heavy atom. The van der Waals surface area contributed by atoms with Crippen LogP contribution in [0.15, 0.2) is 12.1 Å². The lowest BCUT2D eigenvalue weighted by molar-refractivity contribution is -0.186. The number of hydrogen-bond acceptors (Lipinski definition) is 3. The van der Waals surface area contributed by atoms with Gasteiger partial charge in [-0.2, -0.15) is 13.2 Å². The number of nitrogens with zero attached hydrogens (tertiary/aromatic N) is 1. The minimum absolute atomic E-state index is 0.0388. The van der Waals surface area contributed by atoms with Crippen LogP contribution in [0.5, 0.6) is 5.75 Å². The van der Waals surface area contributed by atoms with Gasteiger partial charge in [0.05, 0.1) is 12.8 Å². The molecule has 0 radical (unpaired) electrons. The van der Waals surface area contributed by atoms with Crippen molar-refractivity contribution in [2.75, 3.05) is 19.4 Å². The van der Waals surface area contributed by atoms with Crippen LogP contribution in [0, 0.1) is 0 Å². The molecule has 0 aliphatic carbocycles. The second kappa shape index (κ2) is 4.64. The average molecular weight is 274 g/mol. The number of amides is 1. The van der Waals surface area contributed by atoms with Crippen molar-refractivity contribution in [2.24, 2.45) is 0 Å². The fourth-order valence-corrected chi connectivity index (χ4v) is 2.14. The Bertz CT molecular complexity index is 514. The van der Waals surface area contributed by atoms with E-state index in [9.17, 15) is 18.0 Å². The summed E-state index contributed by atoms with van der Waals surface area (Å²) in [5, 5.41) is 0. The lowest BCUT2D eigenvalue weighted by atomic mass is 9.98. The molecular weight excluding hydrogens is 261 g/mol. The second-order valence-corrected chi connectivity index (χ2v) is 4.34. The highest BCUT2D eigenvalue weighted by Gasteiger charge is 2.43. The van der Waals surface area contributed by atoms with E-state index in [0.29, 0.717) is 23.4 Å². The quantitative estimate of drug-likeness (QED) is 0.793. The third-order valence-corrected chi connectivity index (χ3v) is 3.09. The van der Waals surface area contributed by atoms with E-state index >= 15 is 0 Å². The molecule has 4 nitrogen and oxygen atoms in total. The third-order valence-electron chi connectivity index (χ3n) is 3.09. The molecule has 2 N–H and O–H groups in total. The number of ether oxygens (including phenoxy) is 1. The van der Waals surface area contributed by atoms with Crippen LogP contribution in [0.3, 0.4) is 0 Å². The van der Waals surface area contributed by atoms with Gasteiger partial charge in [0.2, 0.25) is 0 Å². The third kappa shape index (κ3) is 2.59. The van der Waals surface area contributed by atoms with Crippen LogP contribution in [0.1, 0.15) is 11.1 Å². The molecule has 0 spiro atoms. The lowest BCUT2D eigenvalue weighted by Gasteiger charge is -2.30. The molecule has 0 atom stereocenters. The molecule has 7 heteroatoms. The van der Waals surface area contributed by atoms with Crippen molar-refractivity contribution in [2.45, 2.75) is 19.1 Å². The van der Waals surface area contributed by atoms with E-state index in [1.54, 1.807) is 12.1 Å². The fourth-order valence-electron chi connectivity index (χ4n) is 2.14. The van der Waals surface area contributed by atoms with E-state index < -0.39 is 12.1 Å². The molecule has 0 aromatic heterocycles. The molecule has 1 aliphatic heterocycles. The molecule has 0 saturated heterocycles. The summed E-state index contributed by atoms with van der Waals surface area (Å²) in [6.07, 6.45) is -4.49. The Hall–Kier alpha value is -1.92. The number of alkyl halides is 3. The molecule has 2 rings (SSSR count). The zero-order valence-electron chi connectivity index (χ0n) is 10.3. The summed E-state index contributed by atoms with van der Waals surface area (Å²) in [7, 11) is 1.43. The highest BCUT2D eigenvalue weighted by Crippen LogP contribution is 2.31. The maximum Gasteiger partial charge on any atom is 0.471 e. The van der Waals surface area contributed by atoms with Gasteiger partial charge >= 0.3 is 12.1 Å². The zero-order chi connectivity index (χ0) is 14.2. The van der Waals surface area contributed by atoms with Crippen LogP contribution in [0.4, 0.5) is 18.9 Å². The normalized spacial score (nSPS) is 15.1. The van der Waals surface area contributed by atoms with Gasteiger partial charge in [0.15, 0.2) is 0 Å². The van der Waals surface area contributed by atoms with Crippen molar-refractivity contribution in [3.63, 3.8) is 0 Å². The Balaban J connectivity index is 2.27. The Labute approximate surface area is 107 Å². The number of carbonyl (C=O) groups excluding carboxylic acids is 1. The topological polar surface area (TPSA) is 55.6 Å². The number of anilines is 1. The van der Waals surface area contributed by atoms with Crippen LogP contribution >= 0.6 is 0 Å². The number of nitrogens with two attached hydrogens (primary N) is 1. The second-order valence-electron chi connectivity index (χ2n) is 4.34. The molecule has 1 amide bonds. The van der Waals surface area contributed by atoms with Gasteiger partial charge in [0.1, 0.15) is 5.75 Å². The van der Waals surface area contributed by atoms with Gasteiger partial charge in [-0.1, -0.05) is 0 Å². The smallest absolute Gasteiger partial charge is 0.471 e. The van der Waals surface area contributed by atoms with Crippen molar-refractivity contribution in [3.05, 3.63) is 23.3 Å². The summed E-state index contributed by atoms with van der Waals surface area (Å²) in [6, 6.07) is 3.27. The average Bonchev–Trinajstić information content (AvgIpc) is 2.35. The predicted octanol–water partition coefficient (Wildman–Crippen LogP) is 1.72.